The van der Waals surface area contributed by atoms with E-state index in [-0.39, 0.29) is 5.82 Å². The van der Waals surface area contributed by atoms with Crippen LogP contribution in [0.15, 0.2) is 30.3 Å². The molecule has 0 aliphatic heterocycles. The molecule has 62 valence electrons. The predicted octanol–water partition coefficient (Wildman–Crippen LogP) is 2.12. The maximum Gasteiger partial charge on any atom is 0.123 e. The van der Waals surface area contributed by atoms with Gasteiger partial charge in [-0.25, -0.2) is 4.39 Å². The fourth-order valence-corrected chi connectivity index (χ4v) is 0.857. The van der Waals surface area contributed by atoms with Crippen molar-refractivity contribution < 1.29 is 4.39 Å². The zero-order valence-corrected chi connectivity index (χ0v) is 7.14. The van der Waals surface area contributed by atoms with E-state index in [0.717, 1.165) is 5.56 Å². The summed E-state index contributed by atoms with van der Waals surface area (Å²) in [5, 5.41) is 0. The molecule has 0 atom stereocenters. The van der Waals surface area contributed by atoms with Crippen LogP contribution in [-0.4, -0.2) is 4.99 Å². The van der Waals surface area contributed by atoms with E-state index < -0.39 is 0 Å². The van der Waals surface area contributed by atoms with Crippen LogP contribution in [0.5, 0.6) is 0 Å². The molecule has 0 saturated carbocycles. The lowest BCUT2D eigenvalue weighted by atomic mass is 10.2. The Balaban J connectivity index is 2.83. The van der Waals surface area contributed by atoms with Crippen molar-refractivity contribution >= 4 is 23.3 Å². The maximum atomic E-state index is 12.6. The Kier molecular flexibility index (Phi) is 2.94. The quantitative estimate of drug-likeness (QED) is 0.558. The largest absolute Gasteiger partial charge is 0.390 e. The van der Waals surface area contributed by atoms with Crippen molar-refractivity contribution in [2.45, 2.75) is 0 Å². The van der Waals surface area contributed by atoms with Gasteiger partial charge in [-0.3, -0.25) is 0 Å². The first-order valence-electron chi connectivity index (χ1n) is 3.41. The Morgan fingerprint density at radius 1 is 1.50 bits per heavy atom. The van der Waals surface area contributed by atoms with Crippen LogP contribution in [0, 0.1) is 5.82 Å². The first-order valence-corrected chi connectivity index (χ1v) is 3.82. The van der Waals surface area contributed by atoms with E-state index in [4.69, 9.17) is 5.73 Å². The second kappa shape index (κ2) is 3.97. The lowest BCUT2D eigenvalue weighted by molar-refractivity contribution is 0.627. The number of hydrogen-bond acceptors (Lipinski definition) is 1. The fourth-order valence-electron chi connectivity index (χ4n) is 0.789. The molecule has 0 bridgehead atoms. The number of hydrogen-bond donors (Lipinski definition) is 1. The molecule has 0 amide bonds. The fraction of sp³-hybridized carbons (Fsp3) is 0. The number of halogens is 1. The monoisotopic (exact) mass is 181 g/mol. The minimum Gasteiger partial charge on any atom is -0.390 e. The van der Waals surface area contributed by atoms with Gasteiger partial charge in [-0.2, -0.15) is 0 Å². The number of nitrogens with two attached hydrogens (primary N) is 1. The maximum absolute atomic E-state index is 12.6. The van der Waals surface area contributed by atoms with Crippen LogP contribution in [0.1, 0.15) is 5.56 Å². The summed E-state index contributed by atoms with van der Waals surface area (Å²) in [5.41, 5.74) is 5.98. The average Bonchev–Trinajstić information content (AvgIpc) is 2.01. The molecule has 0 saturated heterocycles. The molecule has 1 aromatic carbocycles. The number of rotatable bonds is 2. The summed E-state index contributed by atoms with van der Waals surface area (Å²) in [6.45, 7) is 0. The Bertz CT molecular complexity index is 320. The van der Waals surface area contributed by atoms with Crippen molar-refractivity contribution in [3.63, 3.8) is 0 Å². The molecule has 0 unspecified atom stereocenters. The molecule has 12 heavy (non-hydrogen) atoms. The SMILES string of the molecule is NC(=S)/C=C/c1cccc(F)c1. The predicted molar refractivity (Wildman–Crippen MR) is 52.2 cm³/mol. The van der Waals surface area contributed by atoms with Gasteiger partial charge in [0.15, 0.2) is 0 Å². The molecule has 0 radical (unpaired) electrons. The zero-order chi connectivity index (χ0) is 8.97. The third-order valence-electron chi connectivity index (χ3n) is 1.29. The van der Waals surface area contributed by atoms with Gasteiger partial charge in [-0.15, -0.1) is 0 Å². The van der Waals surface area contributed by atoms with E-state index >= 15 is 0 Å². The summed E-state index contributed by atoms with van der Waals surface area (Å²) in [4.78, 5) is 0.291. The molecule has 1 rings (SSSR count). The summed E-state index contributed by atoms with van der Waals surface area (Å²) in [6, 6.07) is 6.21. The van der Waals surface area contributed by atoms with Crippen molar-refractivity contribution in [1.29, 1.82) is 0 Å². The van der Waals surface area contributed by atoms with E-state index in [1.807, 2.05) is 0 Å². The van der Waals surface area contributed by atoms with Crippen molar-refractivity contribution in [3.8, 4) is 0 Å². The van der Waals surface area contributed by atoms with Crippen LogP contribution in [0.4, 0.5) is 4.39 Å². The second-order valence-electron chi connectivity index (χ2n) is 2.29. The molecular formula is C9H8FNS. The van der Waals surface area contributed by atoms with Crippen molar-refractivity contribution in [3.05, 3.63) is 41.7 Å². The normalized spacial score (nSPS) is 10.4. The van der Waals surface area contributed by atoms with Gasteiger partial charge < -0.3 is 5.73 Å². The van der Waals surface area contributed by atoms with E-state index in [1.54, 1.807) is 24.3 Å². The highest BCUT2D eigenvalue weighted by atomic mass is 32.1. The molecule has 0 aliphatic carbocycles. The Hall–Kier alpha value is -1.22. The summed E-state index contributed by atoms with van der Waals surface area (Å²) in [7, 11) is 0. The third-order valence-corrected chi connectivity index (χ3v) is 1.42. The summed E-state index contributed by atoms with van der Waals surface area (Å²) < 4.78 is 12.6. The van der Waals surface area contributed by atoms with Gasteiger partial charge in [0.05, 0.1) is 4.99 Å². The molecule has 0 heterocycles. The minimum atomic E-state index is -0.264. The Morgan fingerprint density at radius 2 is 2.25 bits per heavy atom. The smallest absolute Gasteiger partial charge is 0.123 e. The highest BCUT2D eigenvalue weighted by molar-refractivity contribution is 7.80. The number of benzene rings is 1. The highest BCUT2D eigenvalue weighted by Gasteiger charge is 1.89. The summed E-state index contributed by atoms with van der Waals surface area (Å²) in [6.07, 6.45) is 3.23. The van der Waals surface area contributed by atoms with Crippen molar-refractivity contribution in [2.24, 2.45) is 5.73 Å². The first kappa shape index (κ1) is 8.87. The zero-order valence-electron chi connectivity index (χ0n) is 6.33. The molecule has 2 N–H and O–H groups in total. The Morgan fingerprint density at radius 3 is 2.83 bits per heavy atom. The Labute approximate surface area is 75.7 Å². The molecule has 0 fully saturated rings. The van der Waals surface area contributed by atoms with Crippen LogP contribution in [0.25, 0.3) is 6.08 Å². The van der Waals surface area contributed by atoms with Gasteiger partial charge in [0.2, 0.25) is 0 Å². The molecular weight excluding hydrogens is 173 g/mol. The molecule has 3 heteroatoms. The van der Waals surface area contributed by atoms with Gasteiger partial charge in [-0.05, 0) is 23.8 Å². The van der Waals surface area contributed by atoms with Gasteiger partial charge in [0, 0.05) is 0 Å². The van der Waals surface area contributed by atoms with Gasteiger partial charge in [0.1, 0.15) is 5.82 Å². The first-order chi connectivity index (χ1) is 5.68. The van der Waals surface area contributed by atoms with Crippen molar-refractivity contribution in [1.82, 2.24) is 0 Å². The van der Waals surface area contributed by atoms with Crippen LogP contribution in [-0.2, 0) is 0 Å². The van der Waals surface area contributed by atoms with Crippen LogP contribution in [0.2, 0.25) is 0 Å². The van der Waals surface area contributed by atoms with E-state index in [1.165, 1.54) is 12.1 Å². The summed E-state index contributed by atoms with van der Waals surface area (Å²) >= 11 is 4.62. The molecule has 1 nitrogen and oxygen atoms in total. The van der Waals surface area contributed by atoms with E-state index in [0.29, 0.717) is 4.99 Å². The van der Waals surface area contributed by atoms with E-state index in [9.17, 15) is 4.39 Å². The topological polar surface area (TPSA) is 26.0 Å². The van der Waals surface area contributed by atoms with Gasteiger partial charge in [0.25, 0.3) is 0 Å². The summed E-state index contributed by atoms with van der Waals surface area (Å²) in [5.74, 6) is -0.264. The molecule has 0 aromatic heterocycles. The third kappa shape index (κ3) is 2.80. The average molecular weight is 181 g/mol. The standard InChI is InChI=1S/C9H8FNS/c10-8-3-1-2-7(6-8)4-5-9(11)12/h1-6H,(H2,11,12)/b5-4+. The second-order valence-corrected chi connectivity index (χ2v) is 2.76. The van der Waals surface area contributed by atoms with Crippen LogP contribution >= 0.6 is 12.2 Å². The lowest BCUT2D eigenvalue weighted by Crippen LogP contribution is -2.01. The van der Waals surface area contributed by atoms with Gasteiger partial charge in [-0.1, -0.05) is 30.4 Å². The minimum absolute atomic E-state index is 0.264. The van der Waals surface area contributed by atoms with Crippen molar-refractivity contribution in [2.75, 3.05) is 0 Å². The van der Waals surface area contributed by atoms with Crippen LogP contribution in [0.3, 0.4) is 0 Å². The molecule has 0 aliphatic rings. The lowest BCUT2D eigenvalue weighted by Gasteiger charge is -1.92. The van der Waals surface area contributed by atoms with Crippen LogP contribution < -0.4 is 5.73 Å². The molecule has 0 spiro atoms. The van der Waals surface area contributed by atoms with Gasteiger partial charge >= 0.3 is 0 Å². The number of thiocarbonyl (C=S) groups is 1. The highest BCUT2D eigenvalue weighted by Crippen LogP contribution is 2.04. The van der Waals surface area contributed by atoms with E-state index in [2.05, 4.69) is 12.2 Å². The molecule has 1 aromatic rings.